The maximum Gasteiger partial charge on any atom is 0.126 e. The van der Waals surface area contributed by atoms with Gasteiger partial charge in [0.1, 0.15) is 11.6 Å². The Balaban J connectivity index is 2.00. The van der Waals surface area contributed by atoms with Crippen LogP contribution in [0.3, 0.4) is 0 Å². The molecule has 0 saturated carbocycles. The lowest BCUT2D eigenvalue weighted by atomic mass is 10.1. The third-order valence-electron chi connectivity index (χ3n) is 3.12. The van der Waals surface area contributed by atoms with E-state index in [1.54, 1.807) is 0 Å². The molecule has 0 amide bonds. The minimum atomic E-state index is -0.543. The fourth-order valence-corrected chi connectivity index (χ4v) is 1.92. The number of nitrogens with one attached hydrogen (secondary N) is 1. The number of halogens is 2. The lowest BCUT2D eigenvalue weighted by molar-refractivity contribution is 0.545. The van der Waals surface area contributed by atoms with E-state index in [1.165, 1.54) is 17.7 Å². The maximum absolute atomic E-state index is 13.1. The summed E-state index contributed by atoms with van der Waals surface area (Å²) < 4.78 is 26.3. The molecular weight excluding hydrogens is 244 g/mol. The number of rotatable bonds is 4. The molecule has 0 fully saturated rings. The van der Waals surface area contributed by atoms with Crippen molar-refractivity contribution < 1.29 is 8.78 Å². The first-order chi connectivity index (χ1) is 9.04. The van der Waals surface area contributed by atoms with Gasteiger partial charge < -0.3 is 5.32 Å². The summed E-state index contributed by atoms with van der Waals surface area (Å²) in [6, 6.07) is 11.7. The van der Waals surface area contributed by atoms with Crippen LogP contribution in [0.2, 0.25) is 0 Å². The zero-order valence-electron chi connectivity index (χ0n) is 11.1. The standard InChI is InChI=1S/C16H17F2N/c1-11-3-5-13(6-4-11)10-19-12(2)14-7-15(17)9-16(18)8-14/h3-9,12,19H,10H2,1-2H3. The molecular formula is C16H17F2N. The van der Waals surface area contributed by atoms with Gasteiger partial charge in [-0.1, -0.05) is 29.8 Å². The van der Waals surface area contributed by atoms with E-state index < -0.39 is 11.6 Å². The molecule has 2 rings (SSSR count). The smallest absolute Gasteiger partial charge is 0.126 e. The van der Waals surface area contributed by atoms with E-state index in [4.69, 9.17) is 0 Å². The summed E-state index contributed by atoms with van der Waals surface area (Å²) in [5.41, 5.74) is 2.97. The first-order valence-corrected chi connectivity index (χ1v) is 6.29. The van der Waals surface area contributed by atoms with Gasteiger partial charge in [-0.15, -0.1) is 0 Å². The van der Waals surface area contributed by atoms with Crippen LogP contribution in [0.25, 0.3) is 0 Å². The van der Waals surface area contributed by atoms with Crippen LogP contribution < -0.4 is 5.32 Å². The molecule has 1 atom stereocenters. The van der Waals surface area contributed by atoms with Crippen LogP contribution >= 0.6 is 0 Å². The van der Waals surface area contributed by atoms with Crippen molar-refractivity contribution in [1.29, 1.82) is 0 Å². The van der Waals surface area contributed by atoms with Gasteiger partial charge in [0.15, 0.2) is 0 Å². The second kappa shape index (κ2) is 5.93. The van der Waals surface area contributed by atoms with E-state index >= 15 is 0 Å². The summed E-state index contributed by atoms with van der Waals surface area (Å²) in [7, 11) is 0. The third kappa shape index (κ3) is 3.86. The van der Waals surface area contributed by atoms with Gasteiger partial charge in [0.05, 0.1) is 0 Å². The van der Waals surface area contributed by atoms with Crippen LogP contribution in [0.4, 0.5) is 8.78 Å². The highest BCUT2D eigenvalue weighted by atomic mass is 19.1. The third-order valence-corrected chi connectivity index (χ3v) is 3.12. The Labute approximate surface area is 112 Å². The van der Waals surface area contributed by atoms with Crippen LogP contribution in [0.15, 0.2) is 42.5 Å². The number of hydrogen-bond donors (Lipinski definition) is 1. The molecule has 0 aliphatic rings. The molecule has 1 N–H and O–H groups in total. The molecule has 1 nitrogen and oxygen atoms in total. The first-order valence-electron chi connectivity index (χ1n) is 6.29. The molecule has 0 radical (unpaired) electrons. The fraction of sp³-hybridized carbons (Fsp3) is 0.250. The number of hydrogen-bond acceptors (Lipinski definition) is 1. The minimum Gasteiger partial charge on any atom is -0.306 e. The van der Waals surface area contributed by atoms with Crippen LogP contribution in [-0.4, -0.2) is 0 Å². The van der Waals surface area contributed by atoms with Gasteiger partial charge in [-0.2, -0.15) is 0 Å². The van der Waals surface area contributed by atoms with Crippen molar-refractivity contribution in [3.63, 3.8) is 0 Å². The summed E-state index contributed by atoms with van der Waals surface area (Å²) in [5, 5.41) is 3.26. The van der Waals surface area contributed by atoms with E-state index in [2.05, 4.69) is 5.32 Å². The second-order valence-electron chi connectivity index (χ2n) is 4.79. The van der Waals surface area contributed by atoms with Crippen molar-refractivity contribution in [2.24, 2.45) is 0 Å². The average Bonchev–Trinajstić information content (AvgIpc) is 2.36. The highest BCUT2D eigenvalue weighted by Gasteiger charge is 2.08. The van der Waals surface area contributed by atoms with Crippen molar-refractivity contribution in [2.45, 2.75) is 26.4 Å². The highest BCUT2D eigenvalue weighted by molar-refractivity contribution is 5.23. The lowest BCUT2D eigenvalue weighted by Crippen LogP contribution is -2.18. The number of benzene rings is 2. The molecule has 2 aromatic rings. The van der Waals surface area contributed by atoms with Crippen molar-refractivity contribution in [1.82, 2.24) is 5.32 Å². The van der Waals surface area contributed by atoms with E-state index in [0.29, 0.717) is 12.1 Å². The van der Waals surface area contributed by atoms with Gasteiger partial charge in [-0.05, 0) is 37.1 Å². The van der Waals surface area contributed by atoms with Gasteiger partial charge in [0.2, 0.25) is 0 Å². The quantitative estimate of drug-likeness (QED) is 0.872. The summed E-state index contributed by atoms with van der Waals surface area (Å²) in [6.45, 7) is 4.59. The average molecular weight is 261 g/mol. The van der Waals surface area contributed by atoms with Crippen molar-refractivity contribution in [2.75, 3.05) is 0 Å². The van der Waals surface area contributed by atoms with Crippen molar-refractivity contribution >= 4 is 0 Å². The lowest BCUT2D eigenvalue weighted by Gasteiger charge is -2.14. The van der Waals surface area contributed by atoms with E-state index in [9.17, 15) is 8.78 Å². The molecule has 0 aliphatic heterocycles. The van der Waals surface area contributed by atoms with E-state index in [-0.39, 0.29) is 6.04 Å². The minimum absolute atomic E-state index is 0.105. The fourth-order valence-electron chi connectivity index (χ4n) is 1.92. The molecule has 100 valence electrons. The Kier molecular flexibility index (Phi) is 4.27. The Bertz CT molecular complexity index is 529. The predicted octanol–water partition coefficient (Wildman–Crippen LogP) is 4.12. The van der Waals surface area contributed by atoms with Crippen LogP contribution in [0.5, 0.6) is 0 Å². The summed E-state index contributed by atoms with van der Waals surface area (Å²) in [6.07, 6.45) is 0. The van der Waals surface area contributed by atoms with E-state index in [1.807, 2.05) is 38.1 Å². The van der Waals surface area contributed by atoms with Gasteiger partial charge in [0, 0.05) is 18.7 Å². The zero-order valence-corrected chi connectivity index (χ0v) is 11.1. The molecule has 0 saturated heterocycles. The topological polar surface area (TPSA) is 12.0 Å². The largest absolute Gasteiger partial charge is 0.306 e. The second-order valence-corrected chi connectivity index (χ2v) is 4.79. The molecule has 0 aromatic heterocycles. The summed E-state index contributed by atoms with van der Waals surface area (Å²) in [5.74, 6) is -1.09. The molecule has 1 unspecified atom stereocenters. The van der Waals surface area contributed by atoms with Crippen LogP contribution in [0.1, 0.15) is 29.7 Å². The van der Waals surface area contributed by atoms with Gasteiger partial charge in [-0.25, -0.2) is 8.78 Å². The monoisotopic (exact) mass is 261 g/mol. The predicted molar refractivity (Wildman–Crippen MR) is 72.8 cm³/mol. The van der Waals surface area contributed by atoms with Gasteiger partial charge in [0.25, 0.3) is 0 Å². The van der Waals surface area contributed by atoms with Gasteiger partial charge in [-0.3, -0.25) is 0 Å². The molecule has 19 heavy (non-hydrogen) atoms. The number of aryl methyl sites for hydroxylation is 1. The SMILES string of the molecule is Cc1ccc(CNC(C)c2cc(F)cc(F)c2)cc1. The maximum atomic E-state index is 13.1. The Morgan fingerprint density at radius 3 is 2.16 bits per heavy atom. The summed E-state index contributed by atoms with van der Waals surface area (Å²) in [4.78, 5) is 0. The Morgan fingerprint density at radius 2 is 1.58 bits per heavy atom. The van der Waals surface area contributed by atoms with E-state index in [0.717, 1.165) is 11.6 Å². The molecule has 2 aromatic carbocycles. The van der Waals surface area contributed by atoms with Crippen molar-refractivity contribution in [3.05, 3.63) is 70.8 Å². The van der Waals surface area contributed by atoms with Crippen LogP contribution in [0, 0.1) is 18.6 Å². The first kappa shape index (κ1) is 13.7. The zero-order chi connectivity index (χ0) is 13.8. The Hall–Kier alpha value is -1.74. The molecule has 0 heterocycles. The van der Waals surface area contributed by atoms with Crippen molar-refractivity contribution in [3.8, 4) is 0 Å². The summed E-state index contributed by atoms with van der Waals surface area (Å²) >= 11 is 0. The highest BCUT2D eigenvalue weighted by Crippen LogP contribution is 2.16. The van der Waals surface area contributed by atoms with Crippen LogP contribution in [-0.2, 0) is 6.54 Å². The molecule has 0 spiro atoms. The normalized spacial score (nSPS) is 12.4. The molecule has 0 aliphatic carbocycles. The molecule has 0 bridgehead atoms. The Morgan fingerprint density at radius 1 is 1.00 bits per heavy atom. The van der Waals surface area contributed by atoms with Gasteiger partial charge >= 0.3 is 0 Å². The molecule has 3 heteroatoms.